The van der Waals surface area contributed by atoms with Crippen molar-refractivity contribution >= 4 is 5.97 Å². The van der Waals surface area contributed by atoms with E-state index in [1.165, 1.54) is 6.92 Å². The predicted molar refractivity (Wildman–Crippen MR) is 46.0 cm³/mol. The number of aliphatic hydroxyl groups excluding tert-OH is 1. The second-order valence-corrected chi connectivity index (χ2v) is 2.90. The van der Waals surface area contributed by atoms with Crippen molar-refractivity contribution in [3.05, 3.63) is 17.0 Å². The first-order valence-corrected chi connectivity index (χ1v) is 4.18. The van der Waals surface area contributed by atoms with Crippen LogP contribution in [0, 0.1) is 6.92 Å². The van der Waals surface area contributed by atoms with Gasteiger partial charge in [-0.25, -0.2) is 13.6 Å². The van der Waals surface area contributed by atoms with Crippen LogP contribution in [0.4, 0.5) is 8.78 Å². The lowest BCUT2D eigenvalue weighted by molar-refractivity contribution is 0.0683. The van der Waals surface area contributed by atoms with Gasteiger partial charge in [0.2, 0.25) is 0 Å². The molecule has 5 nitrogen and oxygen atoms in total. The molecule has 0 aliphatic heterocycles. The number of carboxylic acid groups (broad SMARTS) is 1. The fourth-order valence-corrected chi connectivity index (χ4v) is 1.30. The topological polar surface area (TPSA) is 75.3 Å². The molecule has 1 aromatic heterocycles. The van der Waals surface area contributed by atoms with Crippen LogP contribution in [0.2, 0.25) is 0 Å². The normalized spacial score (nSPS) is 11.0. The molecule has 0 atom stereocenters. The molecule has 7 heteroatoms. The van der Waals surface area contributed by atoms with Crippen molar-refractivity contribution in [3.8, 4) is 0 Å². The van der Waals surface area contributed by atoms with Gasteiger partial charge in [-0.05, 0) is 6.92 Å². The maximum atomic E-state index is 12.4. The Morgan fingerprint density at radius 3 is 2.53 bits per heavy atom. The van der Waals surface area contributed by atoms with Gasteiger partial charge in [0.05, 0.1) is 18.8 Å². The van der Waals surface area contributed by atoms with E-state index in [9.17, 15) is 13.6 Å². The van der Waals surface area contributed by atoms with Crippen molar-refractivity contribution in [2.75, 3.05) is 6.61 Å². The molecule has 0 fully saturated rings. The van der Waals surface area contributed by atoms with E-state index >= 15 is 0 Å². The zero-order valence-electron chi connectivity index (χ0n) is 7.94. The van der Waals surface area contributed by atoms with Gasteiger partial charge in [-0.1, -0.05) is 0 Å². The van der Waals surface area contributed by atoms with Crippen molar-refractivity contribution in [2.24, 2.45) is 0 Å². The quantitative estimate of drug-likeness (QED) is 0.787. The summed E-state index contributed by atoms with van der Waals surface area (Å²) in [5.41, 5.74) is -1.13. The summed E-state index contributed by atoms with van der Waals surface area (Å²) in [6.07, 6.45) is -2.94. The highest BCUT2D eigenvalue weighted by atomic mass is 19.3. The van der Waals surface area contributed by atoms with Gasteiger partial charge in [0.15, 0.2) is 0 Å². The lowest BCUT2D eigenvalue weighted by Crippen LogP contribution is -2.07. The number of halogens is 2. The van der Waals surface area contributed by atoms with Crippen molar-refractivity contribution in [3.63, 3.8) is 0 Å². The van der Waals surface area contributed by atoms with E-state index < -0.39 is 23.7 Å². The minimum atomic E-state index is -2.94. The van der Waals surface area contributed by atoms with Crippen LogP contribution >= 0.6 is 0 Å². The second-order valence-electron chi connectivity index (χ2n) is 2.90. The Bertz CT molecular complexity index is 376. The fraction of sp³-hybridized carbons (Fsp3) is 0.500. The third kappa shape index (κ3) is 2.12. The Balaban J connectivity index is 3.26. The molecule has 0 aliphatic carbocycles. The van der Waals surface area contributed by atoms with Crippen LogP contribution in [0.15, 0.2) is 0 Å². The van der Waals surface area contributed by atoms with Gasteiger partial charge in [-0.15, -0.1) is 0 Å². The minimum absolute atomic E-state index is 0.00116. The largest absolute Gasteiger partial charge is 0.478 e. The summed E-state index contributed by atoms with van der Waals surface area (Å²) in [6, 6.07) is 0. The van der Waals surface area contributed by atoms with Crippen LogP contribution in [0.5, 0.6) is 0 Å². The summed E-state index contributed by atoms with van der Waals surface area (Å²) in [5.74, 6) is -1.44. The maximum absolute atomic E-state index is 12.4. The van der Waals surface area contributed by atoms with Gasteiger partial charge in [-0.3, -0.25) is 4.68 Å². The monoisotopic (exact) mass is 220 g/mol. The number of aromatic nitrogens is 2. The molecule has 84 valence electrons. The van der Waals surface area contributed by atoms with Gasteiger partial charge in [0.25, 0.3) is 6.43 Å². The number of nitrogens with zero attached hydrogens (tertiary/aromatic N) is 2. The smallest absolute Gasteiger partial charge is 0.339 e. The number of carboxylic acids is 1. The Kier molecular flexibility index (Phi) is 3.35. The number of carbonyl (C=O) groups is 1. The van der Waals surface area contributed by atoms with Gasteiger partial charge >= 0.3 is 5.97 Å². The molecule has 0 unspecified atom stereocenters. The van der Waals surface area contributed by atoms with E-state index in [1.807, 2.05) is 0 Å². The minimum Gasteiger partial charge on any atom is -0.478 e. The summed E-state index contributed by atoms with van der Waals surface area (Å²) >= 11 is 0. The highest BCUT2D eigenvalue weighted by molar-refractivity contribution is 5.90. The number of rotatable bonds is 4. The first kappa shape index (κ1) is 11.6. The van der Waals surface area contributed by atoms with Crippen molar-refractivity contribution < 1.29 is 23.8 Å². The Labute approximate surface area is 83.9 Å². The molecule has 0 saturated heterocycles. The highest BCUT2D eigenvalue weighted by Crippen LogP contribution is 2.24. The summed E-state index contributed by atoms with van der Waals surface area (Å²) in [5, 5.41) is 20.8. The molecular formula is C8H10F2N2O3. The molecule has 0 spiro atoms. The predicted octanol–water partition coefficient (Wildman–Crippen LogP) is 0.820. The standard InChI is InChI=1S/C8H10F2N2O3/c1-4-5(8(14)15)6(7(9)10)11-12(4)2-3-13/h7,13H,2-3H2,1H3,(H,14,15). The molecule has 0 bridgehead atoms. The van der Waals surface area contributed by atoms with E-state index in [0.717, 1.165) is 4.68 Å². The van der Waals surface area contributed by atoms with Crippen LogP contribution in [0.3, 0.4) is 0 Å². The van der Waals surface area contributed by atoms with Gasteiger partial charge in [0, 0.05) is 0 Å². The number of hydrogen-bond acceptors (Lipinski definition) is 3. The molecule has 0 saturated carbocycles. The molecule has 0 radical (unpaired) electrons. The maximum Gasteiger partial charge on any atom is 0.339 e. The molecule has 2 N–H and O–H groups in total. The van der Waals surface area contributed by atoms with Crippen LogP contribution in [0.1, 0.15) is 28.2 Å². The number of aliphatic hydroxyl groups is 1. The molecular weight excluding hydrogens is 210 g/mol. The Morgan fingerprint density at radius 2 is 2.20 bits per heavy atom. The molecule has 0 aromatic carbocycles. The first-order valence-electron chi connectivity index (χ1n) is 4.18. The van der Waals surface area contributed by atoms with Gasteiger partial charge in [0.1, 0.15) is 11.3 Å². The molecule has 1 rings (SSSR count). The molecule has 1 aromatic rings. The average molecular weight is 220 g/mol. The van der Waals surface area contributed by atoms with Crippen molar-refractivity contribution in [1.82, 2.24) is 9.78 Å². The molecule has 0 amide bonds. The van der Waals surface area contributed by atoms with Crippen LogP contribution < -0.4 is 0 Å². The number of aromatic carboxylic acids is 1. The fourth-order valence-electron chi connectivity index (χ4n) is 1.30. The molecule has 15 heavy (non-hydrogen) atoms. The van der Waals surface area contributed by atoms with Gasteiger partial charge < -0.3 is 10.2 Å². The lowest BCUT2D eigenvalue weighted by atomic mass is 10.2. The Morgan fingerprint density at radius 1 is 1.60 bits per heavy atom. The summed E-state index contributed by atoms with van der Waals surface area (Å²) in [4.78, 5) is 10.7. The summed E-state index contributed by atoms with van der Waals surface area (Å²) in [6.45, 7) is 1.08. The third-order valence-corrected chi connectivity index (χ3v) is 1.97. The third-order valence-electron chi connectivity index (χ3n) is 1.97. The zero-order valence-corrected chi connectivity index (χ0v) is 7.94. The van der Waals surface area contributed by atoms with E-state index in [1.54, 1.807) is 0 Å². The van der Waals surface area contributed by atoms with E-state index in [2.05, 4.69) is 5.10 Å². The molecule has 0 aliphatic rings. The SMILES string of the molecule is Cc1c(C(=O)O)c(C(F)F)nn1CCO. The average Bonchev–Trinajstić information content (AvgIpc) is 2.44. The molecule has 1 heterocycles. The van der Waals surface area contributed by atoms with E-state index in [-0.39, 0.29) is 18.8 Å². The lowest BCUT2D eigenvalue weighted by Gasteiger charge is -1.99. The summed E-state index contributed by atoms with van der Waals surface area (Å²) in [7, 11) is 0. The van der Waals surface area contributed by atoms with E-state index in [4.69, 9.17) is 10.2 Å². The number of alkyl halides is 2. The van der Waals surface area contributed by atoms with Crippen LogP contribution in [-0.4, -0.2) is 32.6 Å². The second kappa shape index (κ2) is 4.35. The van der Waals surface area contributed by atoms with Crippen molar-refractivity contribution in [2.45, 2.75) is 19.9 Å². The van der Waals surface area contributed by atoms with Crippen LogP contribution in [0.25, 0.3) is 0 Å². The first-order chi connectivity index (χ1) is 6.99. The van der Waals surface area contributed by atoms with E-state index in [0.29, 0.717) is 0 Å². The zero-order chi connectivity index (χ0) is 11.6. The number of hydrogen-bond donors (Lipinski definition) is 2. The van der Waals surface area contributed by atoms with Crippen molar-refractivity contribution in [1.29, 1.82) is 0 Å². The van der Waals surface area contributed by atoms with Crippen LogP contribution in [-0.2, 0) is 6.54 Å². The van der Waals surface area contributed by atoms with Gasteiger partial charge in [-0.2, -0.15) is 5.10 Å². The highest BCUT2D eigenvalue weighted by Gasteiger charge is 2.26. The Hall–Kier alpha value is -1.50. The summed E-state index contributed by atoms with van der Waals surface area (Å²) < 4.78 is 25.9.